The molecule has 1 aromatic carbocycles. The highest BCUT2D eigenvalue weighted by Gasteiger charge is 2.18. The van der Waals surface area contributed by atoms with Gasteiger partial charge >= 0.3 is 0 Å². The van der Waals surface area contributed by atoms with Crippen LogP contribution in [0, 0.1) is 17.9 Å². The van der Waals surface area contributed by atoms with Gasteiger partial charge in [0.1, 0.15) is 5.75 Å². The Morgan fingerprint density at radius 3 is 2.94 bits per heavy atom. The number of aryl methyl sites for hydroxylation is 1. The Morgan fingerprint density at radius 1 is 1.47 bits per heavy atom. The van der Waals surface area contributed by atoms with Crippen LogP contribution in [0.4, 0.5) is 0 Å². The highest BCUT2D eigenvalue weighted by atomic mass is 16.5. The predicted octanol–water partition coefficient (Wildman–Crippen LogP) is 3.19. The van der Waals surface area contributed by atoms with Crippen molar-refractivity contribution in [1.29, 1.82) is 5.26 Å². The number of fused-ring (bicyclic) bond motifs is 1. The first-order valence-corrected chi connectivity index (χ1v) is 5.48. The summed E-state index contributed by atoms with van der Waals surface area (Å²) in [7, 11) is 1.62. The average Bonchev–Trinajstić information content (AvgIpc) is 2.40. The van der Waals surface area contributed by atoms with Crippen LogP contribution in [0.2, 0.25) is 0 Å². The maximum absolute atomic E-state index is 8.98. The van der Waals surface area contributed by atoms with Gasteiger partial charge in [0, 0.05) is 0 Å². The standard InChI is InChI=1S/C14H12N2O/c1-16-14(9-15)12-5-3-4-10-6-7-11(17-2)8-13(10)12/h6-8H,3-5H2,2H3. The smallest absolute Gasteiger partial charge is 0.265 e. The van der Waals surface area contributed by atoms with Crippen LogP contribution in [0.15, 0.2) is 23.9 Å². The average molecular weight is 224 g/mol. The number of hydrogen-bond acceptors (Lipinski definition) is 2. The van der Waals surface area contributed by atoms with Crippen molar-refractivity contribution < 1.29 is 4.74 Å². The molecule has 17 heavy (non-hydrogen) atoms. The van der Waals surface area contributed by atoms with E-state index >= 15 is 0 Å². The number of nitrogens with zero attached hydrogens (tertiary/aromatic N) is 2. The van der Waals surface area contributed by atoms with Crippen LogP contribution >= 0.6 is 0 Å². The quantitative estimate of drug-likeness (QED) is 0.542. The zero-order valence-electron chi connectivity index (χ0n) is 9.66. The highest BCUT2D eigenvalue weighted by molar-refractivity contribution is 5.77. The molecule has 0 fully saturated rings. The lowest BCUT2D eigenvalue weighted by atomic mass is 9.86. The second kappa shape index (κ2) is 4.72. The lowest BCUT2D eigenvalue weighted by molar-refractivity contribution is 0.414. The SMILES string of the molecule is [C-]#[N+]C(C#N)=C1CCCc2ccc(OC)cc21. The summed E-state index contributed by atoms with van der Waals surface area (Å²) >= 11 is 0. The van der Waals surface area contributed by atoms with Crippen molar-refractivity contribution in [2.24, 2.45) is 0 Å². The number of rotatable bonds is 1. The highest BCUT2D eigenvalue weighted by Crippen LogP contribution is 2.35. The second-order valence-electron chi connectivity index (χ2n) is 3.93. The molecule has 0 N–H and O–H groups in total. The zero-order chi connectivity index (χ0) is 12.3. The molecule has 1 aliphatic rings. The molecule has 1 aliphatic carbocycles. The van der Waals surface area contributed by atoms with E-state index in [-0.39, 0.29) is 5.70 Å². The minimum Gasteiger partial charge on any atom is -0.497 e. The van der Waals surface area contributed by atoms with Gasteiger partial charge in [0.25, 0.3) is 5.70 Å². The van der Waals surface area contributed by atoms with Crippen molar-refractivity contribution in [3.63, 3.8) is 0 Å². The number of allylic oxidation sites excluding steroid dienone is 2. The Kier molecular flexibility index (Phi) is 3.12. The van der Waals surface area contributed by atoms with Crippen LogP contribution in [0.3, 0.4) is 0 Å². The summed E-state index contributed by atoms with van der Waals surface area (Å²) in [6, 6.07) is 7.85. The molecule has 1 aromatic rings. The molecule has 0 radical (unpaired) electrons. The van der Waals surface area contributed by atoms with E-state index in [0.717, 1.165) is 36.1 Å². The van der Waals surface area contributed by atoms with Crippen molar-refractivity contribution in [2.45, 2.75) is 19.3 Å². The first-order valence-electron chi connectivity index (χ1n) is 5.48. The number of nitriles is 1. The molecule has 2 rings (SSSR count). The third kappa shape index (κ3) is 2.00. The Hall–Kier alpha value is -2.26. The molecule has 0 unspecified atom stereocenters. The summed E-state index contributed by atoms with van der Waals surface area (Å²) in [6.45, 7) is 7.05. The molecule has 0 spiro atoms. The van der Waals surface area contributed by atoms with Crippen molar-refractivity contribution in [2.75, 3.05) is 7.11 Å². The molecule has 0 amide bonds. The molecular weight excluding hydrogens is 212 g/mol. The minimum atomic E-state index is 0.208. The van der Waals surface area contributed by atoms with Crippen LogP contribution in [0.5, 0.6) is 5.75 Å². The number of methoxy groups -OCH3 is 1. The summed E-state index contributed by atoms with van der Waals surface area (Å²) in [4.78, 5) is 3.31. The minimum absolute atomic E-state index is 0.208. The van der Waals surface area contributed by atoms with Crippen LogP contribution in [-0.2, 0) is 6.42 Å². The predicted molar refractivity (Wildman–Crippen MR) is 65.1 cm³/mol. The van der Waals surface area contributed by atoms with E-state index in [1.54, 1.807) is 7.11 Å². The second-order valence-corrected chi connectivity index (χ2v) is 3.93. The molecule has 0 heterocycles. The zero-order valence-corrected chi connectivity index (χ0v) is 9.66. The normalized spacial score (nSPS) is 16.4. The maximum atomic E-state index is 8.98. The van der Waals surface area contributed by atoms with E-state index in [2.05, 4.69) is 4.85 Å². The fraction of sp³-hybridized carbons (Fsp3) is 0.286. The fourth-order valence-corrected chi connectivity index (χ4v) is 2.18. The van der Waals surface area contributed by atoms with E-state index in [9.17, 15) is 0 Å². The number of hydrogen-bond donors (Lipinski definition) is 0. The Bertz CT molecular complexity index is 543. The van der Waals surface area contributed by atoms with Crippen LogP contribution in [0.25, 0.3) is 10.4 Å². The van der Waals surface area contributed by atoms with Gasteiger partial charge in [0.05, 0.1) is 19.8 Å². The number of benzene rings is 1. The summed E-state index contributed by atoms with van der Waals surface area (Å²) in [6.07, 6.45) is 2.79. The summed E-state index contributed by atoms with van der Waals surface area (Å²) < 4.78 is 5.19. The Morgan fingerprint density at radius 2 is 2.29 bits per heavy atom. The van der Waals surface area contributed by atoms with Gasteiger partial charge in [0.2, 0.25) is 0 Å². The van der Waals surface area contributed by atoms with Gasteiger partial charge in [-0.1, -0.05) is 6.07 Å². The maximum Gasteiger partial charge on any atom is 0.265 e. The van der Waals surface area contributed by atoms with E-state index in [0.29, 0.717) is 0 Å². The molecule has 0 aliphatic heterocycles. The van der Waals surface area contributed by atoms with Crippen molar-refractivity contribution in [3.8, 4) is 11.8 Å². The Balaban J connectivity index is 2.62. The fourth-order valence-electron chi connectivity index (χ4n) is 2.18. The van der Waals surface area contributed by atoms with Gasteiger partial charge in [0.15, 0.2) is 0 Å². The molecule has 3 nitrogen and oxygen atoms in total. The van der Waals surface area contributed by atoms with Gasteiger partial charge < -0.3 is 4.74 Å². The summed E-state index contributed by atoms with van der Waals surface area (Å²) in [5.41, 5.74) is 3.27. The third-order valence-corrected chi connectivity index (χ3v) is 3.02. The Labute approximate surface area is 101 Å². The van der Waals surface area contributed by atoms with Gasteiger partial charge in [-0.25, -0.2) is 10.1 Å². The first kappa shape index (κ1) is 11.2. The van der Waals surface area contributed by atoms with Gasteiger partial charge in [-0.2, -0.15) is 0 Å². The van der Waals surface area contributed by atoms with Crippen LogP contribution in [0.1, 0.15) is 24.0 Å². The molecule has 84 valence electrons. The van der Waals surface area contributed by atoms with Gasteiger partial charge in [-0.05, 0) is 48.1 Å². The molecular formula is C14H12N2O. The van der Waals surface area contributed by atoms with Gasteiger partial charge in [-0.15, -0.1) is 0 Å². The molecule has 0 bridgehead atoms. The lowest BCUT2D eigenvalue weighted by Gasteiger charge is -2.20. The largest absolute Gasteiger partial charge is 0.497 e. The summed E-state index contributed by atoms with van der Waals surface area (Å²) in [5.74, 6) is 0.769. The molecule has 0 saturated heterocycles. The van der Waals surface area contributed by atoms with Crippen LogP contribution < -0.4 is 4.74 Å². The lowest BCUT2D eigenvalue weighted by Crippen LogP contribution is -2.03. The first-order chi connectivity index (χ1) is 8.30. The van der Waals surface area contributed by atoms with Crippen molar-refractivity contribution in [3.05, 3.63) is 46.4 Å². The van der Waals surface area contributed by atoms with Crippen molar-refractivity contribution in [1.82, 2.24) is 0 Å². The van der Waals surface area contributed by atoms with E-state index in [1.807, 2.05) is 24.3 Å². The molecule has 3 heteroatoms. The van der Waals surface area contributed by atoms with Crippen LogP contribution in [-0.4, -0.2) is 7.11 Å². The molecule has 0 saturated carbocycles. The van der Waals surface area contributed by atoms with Crippen molar-refractivity contribution >= 4 is 5.57 Å². The third-order valence-electron chi connectivity index (χ3n) is 3.02. The molecule has 0 aromatic heterocycles. The molecule has 0 atom stereocenters. The van der Waals surface area contributed by atoms with E-state index in [4.69, 9.17) is 16.6 Å². The summed E-state index contributed by atoms with van der Waals surface area (Å²) in [5, 5.41) is 8.98. The van der Waals surface area contributed by atoms with Gasteiger partial charge in [-0.3, -0.25) is 0 Å². The van der Waals surface area contributed by atoms with E-state index < -0.39 is 0 Å². The number of ether oxygens (including phenoxy) is 1. The van der Waals surface area contributed by atoms with E-state index in [1.165, 1.54) is 5.56 Å². The monoisotopic (exact) mass is 224 g/mol. The topological polar surface area (TPSA) is 37.4 Å².